The molecule has 0 radical (unpaired) electrons. The third-order valence-corrected chi connectivity index (χ3v) is 6.25. The Balaban J connectivity index is 1.53. The number of benzene rings is 4. The fourth-order valence-electron chi connectivity index (χ4n) is 4.43. The third kappa shape index (κ3) is 3.76. The van der Waals surface area contributed by atoms with Gasteiger partial charge in [-0.15, -0.1) is 0 Å². The molecule has 2 heterocycles. The maximum atomic E-state index is 11.6. The Morgan fingerprint density at radius 2 is 1.59 bits per heavy atom. The highest BCUT2D eigenvalue weighted by molar-refractivity contribution is 6.04. The monoisotopic (exact) mass is 490 g/mol. The first-order valence-electron chi connectivity index (χ1n) is 11.4. The summed E-state index contributed by atoms with van der Waals surface area (Å²) in [5.41, 5.74) is 5.01. The number of nitrogens with zero attached hydrogens (tertiary/aromatic N) is 5. The van der Waals surface area contributed by atoms with Crippen molar-refractivity contribution in [2.75, 3.05) is 5.32 Å². The van der Waals surface area contributed by atoms with Crippen molar-refractivity contribution < 1.29 is 9.85 Å². The van der Waals surface area contributed by atoms with Crippen LogP contribution in [0.2, 0.25) is 0 Å². The number of hydrogen-bond donors (Lipinski definition) is 1. The lowest BCUT2D eigenvalue weighted by Gasteiger charge is -2.09. The second-order valence-electron chi connectivity index (χ2n) is 8.65. The molecule has 1 N–H and O–H groups in total. The van der Waals surface area contributed by atoms with E-state index in [9.17, 15) is 20.2 Å². The maximum absolute atomic E-state index is 11.6. The summed E-state index contributed by atoms with van der Waals surface area (Å²) in [6.45, 7) is 2.03. The molecule has 6 aromatic rings. The van der Waals surface area contributed by atoms with Crippen molar-refractivity contribution in [3.05, 3.63) is 111 Å². The zero-order valence-electron chi connectivity index (χ0n) is 19.5. The number of rotatable bonds is 5. The van der Waals surface area contributed by atoms with E-state index in [-0.39, 0.29) is 11.4 Å². The second kappa shape index (κ2) is 8.38. The lowest BCUT2D eigenvalue weighted by molar-refractivity contribution is -0.393. The molecule has 10 nitrogen and oxygen atoms in total. The SMILES string of the molecule is Cc1ccc(-c2nn3c4cc(Nc5ccc([N+](=O)[O-])cc5[N+](=O)[O-])ccc4nc3c3ccccc23)cc1. The molecule has 0 aliphatic carbocycles. The van der Waals surface area contributed by atoms with Crippen molar-refractivity contribution in [2.45, 2.75) is 6.92 Å². The van der Waals surface area contributed by atoms with Crippen LogP contribution in [0.1, 0.15) is 5.56 Å². The van der Waals surface area contributed by atoms with E-state index in [0.717, 1.165) is 33.7 Å². The minimum absolute atomic E-state index is 0.141. The number of nitro groups is 2. The Kier molecular flexibility index (Phi) is 5.01. The number of non-ortho nitro benzene ring substituents is 1. The summed E-state index contributed by atoms with van der Waals surface area (Å²) in [6, 6.07) is 25.0. The Morgan fingerprint density at radius 3 is 2.32 bits per heavy atom. The normalized spacial score (nSPS) is 11.3. The summed E-state index contributed by atoms with van der Waals surface area (Å²) in [5.74, 6) is 0. The molecule has 0 spiro atoms. The smallest absolute Gasteiger partial charge is 0.299 e. The first kappa shape index (κ1) is 22.1. The number of imidazole rings is 1. The van der Waals surface area contributed by atoms with Crippen LogP contribution in [0, 0.1) is 27.2 Å². The Hall–Kier alpha value is -5.38. The molecule has 0 fully saturated rings. The van der Waals surface area contributed by atoms with Gasteiger partial charge in [-0.2, -0.15) is 5.10 Å². The van der Waals surface area contributed by atoms with Crippen LogP contribution >= 0.6 is 0 Å². The Morgan fingerprint density at radius 1 is 0.838 bits per heavy atom. The molecule has 0 saturated carbocycles. The fraction of sp³-hybridized carbons (Fsp3) is 0.0370. The van der Waals surface area contributed by atoms with Crippen LogP contribution in [0.15, 0.2) is 84.9 Å². The molecule has 0 aliphatic rings. The number of nitro benzene ring substituents is 2. The van der Waals surface area contributed by atoms with Crippen molar-refractivity contribution in [3.8, 4) is 11.3 Å². The summed E-state index contributed by atoms with van der Waals surface area (Å²) >= 11 is 0. The topological polar surface area (TPSA) is 128 Å². The van der Waals surface area contributed by atoms with E-state index in [1.165, 1.54) is 12.1 Å². The van der Waals surface area contributed by atoms with Gasteiger partial charge in [0.25, 0.3) is 11.4 Å². The van der Waals surface area contributed by atoms with Crippen LogP contribution in [0.3, 0.4) is 0 Å². The van der Waals surface area contributed by atoms with E-state index in [1.807, 2.05) is 61.5 Å². The first-order valence-corrected chi connectivity index (χ1v) is 11.4. The average Bonchev–Trinajstić information content (AvgIpc) is 3.27. The molecule has 0 saturated heterocycles. The van der Waals surface area contributed by atoms with E-state index < -0.39 is 15.5 Å². The van der Waals surface area contributed by atoms with Gasteiger partial charge in [-0.3, -0.25) is 20.2 Å². The molecule has 4 aromatic carbocycles. The molecule has 180 valence electrons. The predicted octanol–water partition coefficient (Wildman–Crippen LogP) is 6.57. The van der Waals surface area contributed by atoms with Crippen LogP contribution < -0.4 is 5.32 Å². The third-order valence-electron chi connectivity index (χ3n) is 6.25. The summed E-state index contributed by atoms with van der Waals surface area (Å²) in [6.07, 6.45) is 0. The predicted molar refractivity (Wildman–Crippen MR) is 141 cm³/mol. The van der Waals surface area contributed by atoms with Crippen LogP contribution in [0.5, 0.6) is 0 Å². The average molecular weight is 490 g/mol. The molecule has 0 aliphatic heterocycles. The number of hydrogen-bond acceptors (Lipinski definition) is 7. The summed E-state index contributed by atoms with van der Waals surface area (Å²) < 4.78 is 1.78. The molecule has 0 unspecified atom stereocenters. The van der Waals surface area contributed by atoms with Gasteiger partial charge < -0.3 is 5.32 Å². The molecule has 2 aromatic heterocycles. The second-order valence-corrected chi connectivity index (χ2v) is 8.65. The first-order chi connectivity index (χ1) is 17.9. The number of fused-ring (bicyclic) bond motifs is 5. The zero-order chi connectivity index (χ0) is 25.7. The molecular formula is C27H18N6O4. The minimum atomic E-state index is -0.664. The van der Waals surface area contributed by atoms with Crippen LogP contribution in [0.4, 0.5) is 22.7 Å². The van der Waals surface area contributed by atoms with Crippen molar-refractivity contribution in [1.82, 2.24) is 14.6 Å². The highest BCUT2D eigenvalue weighted by atomic mass is 16.6. The lowest BCUT2D eigenvalue weighted by atomic mass is 10.0. The number of aryl methyl sites for hydroxylation is 1. The summed E-state index contributed by atoms with van der Waals surface area (Å²) in [4.78, 5) is 26.1. The molecule has 0 atom stereocenters. The molecule has 0 amide bonds. The summed E-state index contributed by atoms with van der Waals surface area (Å²) in [5, 5.41) is 32.6. The van der Waals surface area contributed by atoms with E-state index in [4.69, 9.17) is 10.1 Å². The number of aromatic nitrogens is 3. The Labute approximate surface area is 209 Å². The fourth-order valence-corrected chi connectivity index (χ4v) is 4.43. The van der Waals surface area contributed by atoms with Crippen LogP contribution in [0.25, 0.3) is 38.7 Å². The van der Waals surface area contributed by atoms with Gasteiger partial charge in [-0.1, -0.05) is 54.1 Å². The largest absolute Gasteiger partial charge is 0.350 e. The Bertz CT molecular complexity index is 1880. The van der Waals surface area contributed by atoms with Crippen molar-refractivity contribution >= 4 is 50.2 Å². The van der Waals surface area contributed by atoms with Crippen LogP contribution in [-0.2, 0) is 0 Å². The van der Waals surface area contributed by atoms with E-state index >= 15 is 0 Å². The van der Waals surface area contributed by atoms with Gasteiger partial charge in [-0.05, 0) is 31.2 Å². The minimum Gasteiger partial charge on any atom is -0.350 e. The highest BCUT2D eigenvalue weighted by Gasteiger charge is 2.20. The van der Waals surface area contributed by atoms with E-state index in [0.29, 0.717) is 22.4 Å². The number of anilines is 2. The van der Waals surface area contributed by atoms with Gasteiger partial charge in [0, 0.05) is 28.1 Å². The lowest BCUT2D eigenvalue weighted by Crippen LogP contribution is -1.99. The van der Waals surface area contributed by atoms with Crippen LogP contribution in [-0.4, -0.2) is 24.4 Å². The van der Waals surface area contributed by atoms with Crippen molar-refractivity contribution in [2.24, 2.45) is 0 Å². The standard InChI is InChI=1S/C27H18N6O4/c1-16-6-8-17(9-7-16)26-20-4-2-3-5-21(20)27-29-22-12-10-18(14-24(22)31(27)30-26)28-23-13-11-19(32(34)35)15-25(23)33(36)37/h2-15,28H,1H3. The number of nitrogens with one attached hydrogen (secondary N) is 1. The molecule has 6 rings (SSSR count). The zero-order valence-corrected chi connectivity index (χ0v) is 19.5. The van der Waals surface area contributed by atoms with Gasteiger partial charge in [0.15, 0.2) is 5.65 Å². The molecule has 0 bridgehead atoms. The molecule has 10 heteroatoms. The van der Waals surface area contributed by atoms with Crippen molar-refractivity contribution in [1.29, 1.82) is 0 Å². The summed E-state index contributed by atoms with van der Waals surface area (Å²) in [7, 11) is 0. The van der Waals surface area contributed by atoms with E-state index in [2.05, 4.69) is 5.32 Å². The van der Waals surface area contributed by atoms with E-state index in [1.54, 1.807) is 16.6 Å². The van der Waals surface area contributed by atoms with Gasteiger partial charge in [0.05, 0.1) is 32.6 Å². The highest BCUT2D eigenvalue weighted by Crippen LogP contribution is 2.34. The molecule has 37 heavy (non-hydrogen) atoms. The molecular weight excluding hydrogens is 472 g/mol. The van der Waals surface area contributed by atoms with Gasteiger partial charge in [-0.25, -0.2) is 9.50 Å². The van der Waals surface area contributed by atoms with Gasteiger partial charge >= 0.3 is 0 Å². The van der Waals surface area contributed by atoms with Gasteiger partial charge in [0.1, 0.15) is 5.69 Å². The van der Waals surface area contributed by atoms with Crippen molar-refractivity contribution in [3.63, 3.8) is 0 Å². The van der Waals surface area contributed by atoms with Gasteiger partial charge in [0.2, 0.25) is 0 Å². The maximum Gasteiger partial charge on any atom is 0.299 e. The quantitative estimate of drug-likeness (QED) is 0.214.